The van der Waals surface area contributed by atoms with Gasteiger partial charge in [0.15, 0.2) is 5.78 Å². The highest BCUT2D eigenvalue weighted by Gasteiger charge is 2.30. The first-order valence-electron chi connectivity index (χ1n) is 7.24. The third-order valence-corrected chi connectivity index (χ3v) is 4.69. The molecule has 2 aliphatic rings. The molecule has 1 amide bonds. The molecule has 0 saturated carbocycles. The number of hydrogen-bond acceptors (Lipinski definition) is 2. The molecule has 0 bridgehead atoms. The van der Waals surface area contributed by atoms with Gasteiger partial charge < -0.3 is 4.90 Å². The monoisotopic (exact) mass is 357 g/mol. The molecular weight excluding hydrogens is 342 g/mol. The van der Waals surface area contributed by atoms with Crippen molar-refractivity contribution < 1.29 is 9.59 Å². The molecule has 1 aromatic carbocycles. The first kappa shape index (κ1) is 15.0. The topological polar surface area (TPSA) is 37.4 Å². The molecule has 1 aromatic rings. The standard InChI is InChI=1S/C18H16BrNO2/c1-12(17(21)13-6-3-2-4-7-13)10-20-11-15-14(18(20)22)8-5-9-16(15)19/h3,5-9H,1-2,4,10-11H2. The Hall–Kier alpha value is -1.94. The van der Waals surface area contributed by atoms with Crippen molar-refractivity contribution >= 4 is 27.6 Å². The molecule has 0 fully saturated rings. The van der Waals surface area contributed by atoms with Gasteiger partial charge in [0, 0.05) is 34.3 Å². The number of halogens is 1. The maximum Gasteiger partial charge on any atom is 0.254 e. The van der Waals surface area contributed by atoms with Crippen LogP contribution in [0.2, 0.25) is 0 Å². The normalized spacial score (nSPS) is 16.5. The van der Waals surface area contributed by atoms with E-state index in [1.807, 2.05) is 36.4 Å². The largest absolute Gasteiger partial charge is 0.330 e. The maximum absolute atomic E-state index is 12.4. The molecule has 112 valence electrons. The number of allylic oxidation sites excluding steroid dienone is 4. The summed E-state index contributed by atoms with van der Waals surface area (Å²) in [5.41, 5.74) is 2.81. The number of benzene rings is 1. The molecule has 0 radical (unpaired) electrons. The summed E-state index contributed by atoms with van der Waals surface area (Å²) in [6, 6.07) is 5.59. The zero-order chi connectivity index (χ0) is 15.7. The number of carbonyl (C=O) groups excluding carboxylic acids is 2. The number of ketones is 1. The second kappa shape index (κ2) is 6.05. The Bertz CT molecular complexity index is 731. The van der Waals surface area contributed by atoms with Crippen molar-refractivity contribution in [3.05, 3.63) is 69.8 Å². The van der Waals surface area contributed by atoms with Gasteiger partial charge in [0.05, 0.1) is 0 Å². The molecule has 0 unspecified atom stereocenters. The van der Waals surface area contributed by atoms with Crippen molar-refractivity contribution in [3.63, 3.8) is 0 Å². The van der Waals surface area contributed by atoms with Crippen molar-refractivity contribution in [1.29, 1.82) is 0 Å². The Morgan fingerprint density at radius 2 is 2.14 bits per heavy atom. The minimum absolute atomic E-state index is 0.0431. The first-order chi connectivity index (χ1) is 10.6. The first-order valence-corrected chi connectivity index (χ1v) is 8.03. The summed E-state index contributed by atoms with van der Waals surface area (Å²) >= 11 is 3.47. The molecule has 0 N–H and O–H groups in total. The van der Waals surface area contributed by atoms with E-state index in [4.69, 9.17) is 0 Å². The molecular formula is C18H16BrNO2. The number of hydrogen-bond donors (Lipinski definition) is 0. The van der Waals surface area contributed by atoms with Gasteiger partial charge in [0.2, 0.25) is 0 Å². The summed E-state index contributed by atoms with van der Waals surface area (Å²) in [7, 11) is 0. The van der Waals surface area contributed by atoms with Crippen LogP contribution >= 0.6 is 15.9 Å². The van der Waals surface area contributed by atoms with Gasteiger partial charge in [-0.2, -0.15) is 0 Å². The molecule has 0 spiro atoms. The molecule has 3 nitrogen and oxygen atoms in total. The van der Waals surface area contributed by atoms with Gasteiger partial charge in [-0.05, 0) is 30.5 Å². The van der Waals surface area contributed by atoms with Gasteiger partial charge in [-0.15, -0.1) is 0 Å². The van der Waals surface area contributed by atoms with Gasteiger partial charge in [0.25, 0.3) is 5.91 Å². The highest BCUT2D eigenvalue weighted by molar-refractivity contribution is 9.10. The summed E-state index contributed by atoms with van der Waals surface area (Å²) in [6.07, 6.45) is 7.62. The van der Waals surface area contributed by atoms with Crippen molar-refractivity contribution in [2.24, 2.45) is 0 Å². The Labute approximate surface area is 138 Å². The maximum atomic E-state index is 12.4. The minimum Gasteiger partial charge on any atom is -0.330 e. The van der Waals surface area contributed by atoms with E-state index in [1.54, 1.807) is 4.90 Å². The van der Waals surface area contributed by atoms with Crippen LogP contribution in [0.5, 0.6) is 0 Å². The van der Waals surface area contributed by atoms with Crippen LogP contribution in [0.4, 0.5) is 0 Å². The van der Waals surface area contributed by atoms with E-state index >= 15 is 0 Å². The quantitative estimate of drug-likeness (QED) is 0.768. The van der Waals surface area contributed by atoms with Crippen molar-refractivity contribution in [3.8, 4) is 0 Å². The summed E-state index contributed by atoms with van der Waals surface area (Å²) < 4.78 is 0.927. The molecule has 1 aliphatic carbocycles. The van der Waals surface area contributed by atoms with E-state index in [0.717, 1.165) is 22.9 Å². The lowest BCUT2D eigenvalue weighted by Gasteiger charge is -2.17. The number of nitrogens with zero attached hydrogens (tertiary/aromatic N) is 1. The molecule has 0 aromatic heterocycles. The zero-order valence-electron chi connectivity index (χ0n) is 12.1. The van der Waals surface area contributed by atoms with Crippen LogP contribution in [0.3, 0.4) is 0 Å². The van der Waals surface area contributed by atoms with Crippen molar-refractivity contribution in [1.82, 2.24) is 4.90 Å². The summed E-state index contributed by atoms with van der Waals surface area (Å²) in [5.74, 6) is -0.114. The highest BCUT2D eigenvalue weighted by Crippen LogP contribution is 2.30. The average Bonchev–Trinajstić information content (AvgIpc) is 2.85. The Morgan fingerprint density at radius 3 is 2.82 bits per heavy atom. The van der Waals surface area contributed by atoms with Crippen LogP contribution in [0.15, 0.2) is 58.6 Å². The van der Waals surface area contributed by atoms with E-state index in [-0.39, 0.29) is 18.2 Å². The Kier molecular flexibility index (Phi) is 4.12. The number of rotatable bonds is 4. The van der Waals surface area contributed by atoms with E-state index in [1.165, 1.54) is 0 Å². The molecule has 1 heterocycles. The third-order valence-electron chi connectivity index (χ3n) is 3.95. The summed E-state index contributed by atoms with van der Waals surface area (Å²) in [4.78, 5) is 26.4. The lowest BCUT2D eigenvalue weighted by Crippen LogP contribution is -2.28. The van der Waals surface area contributed by atoms with Gasteiger partial charge in [-0.1, -0.05) is 46.8 Å². The summed E-state index contributed by atoms with van der Waals surface area (Å²) in [5, 5.41) is 0. The van der Waals surface area contributed by atoms with Crippen LogP contribution in [0, 0.1) is 0 Å². The van der Waals surface area contributed by atoms with Gasteiger partial charge in [-0.3, -0.25) is 9.59 Å². The fourth-order valence-electron chi connectivity index (χ4n) is 2.77. The van der Waals surface area contributed by atoms with Crippen molar-refractivity contribution in [2.75, 3.05) is 6.54 Å². The number of Topliss-reactive ketones (excluding diaryl/α,β-unsaturated/α-hetero) is 1. The van der Waals surface area contributed by atoms with Crippen LogP contribution in [0.1, 0.15) is 28.8 Å². The Balaban J connectivity index is 1.72. The predicted molar refractivity (Wildman–Crippen MR) is 89.5 cm³/mol. The highest BCUT2D eigenvalue weighted by atomic mass is 79.9. The lowest BCUT2D eigenvalue weighted by molar-refractivity contribution is -0.112. The van der Waals surface area contributed by atoms with E-state index in [2.05, 4.69) is 22.5 Å². The van der Waals surface area contributed by atoms with E-state index in [0.29, 0.717) is 23.3 Å². The Morgan fingerprint density at radius 1 is 1.32 bits per heavy atom. The summed E-state index contributed by atoms with van der Waals surface area (Å²) in [6.45, 7) is 4.66. The molecule has 4 heteroatoms. The second-order valence-corrected chi connectivity index (χ2v) is 6.35. The molecule has 1 aliphatic heterocycles. The number of carbonyl (C=O) groups is 2. The molecule has 22 heavy (non-hydrogen) atoms. The smallest absolute Gasteiger partial charge is 0.254 e. The fourth-order valence-corrected chi connectivity index (χ4v) is 3.26. The van der Waals surface area contributed by atoms with Crippen LogP contribution in [-0.4, -0.2) is 23.1 Å². The van der Waals surface area contributed by atoms with E-state index in [9.17, 15) is 9.59 Å². The average molecular weight is 358 g/mol. The fraction of sp³-hybridized carbons (Fsp3) is 0.222. The molecule has 0 saturated heterocycles. The van der Waals surface area contributed by atoms with Gasteiger partial charge in [0.1, 0.15) is 0 Å². The SMILES string of the molecule is C=C(CN1Cc2c(Br)cccc2C1=O)C(=O)C1=CCCC=C1. The number of amides is 1. The predicted octanol–water partition coefficient (Wildman–Crippen LogP) is 3.81. The molecule has 0 atom stereocenters. The van der Waals surface area contributed by atoms with Crippen LogP contribution in [-0.2, 0) is 11.3 Å². The number of fused-ring (bicyclic) bond motifs is 1. The van der Waals surface area contributed by atoms with Gasteiger partial charge >= 0.3 is 0 Å². The van der Waals surface area contributed by atoms with Crippen LogP contribution in [0.25, 0.3) is 0 Å². The minimum atomic E-state index is -0.0706. The van der Waals surface area contributed by atoms with Gasteiger partial charge in [-0.25, -0.2) is 0 Å². The zero-order valence-corrected chi connectivity index (χ0v) is 13.7. The second-order valence-electron chi connectivity index (χ2n) is 5.50. The van der Waals surface area contributed by atoms with Crippen LogP contribution < -0.4 is 0 Å². The molecule has 3 rings (SSSR count). The van der Waals surface area contributed by atoms with Crippen molar-refractivity contribution in [2.45, 2.75) is 19.4 Å². The van der Waals surface area contributed by atoms with E-state index < -0.39 is 0 Å². The lowest BCUT2D eigenvalue weighted by atomic mass is 9.99. The third kappa shape index (κ3) is 2.71.